The van der Waals surface area contributed by atoms with Gasteiger partial charge >= 0.3 is 10.5 Å². The molecular weight excluding hydrogens is 265 g/mol. The summed E-state index contributed by atoms with van der Waals surface area (Å²) in [5.41, 5.74) is 0. The number of aliphatic hydroxyl groups excluding tert-OH is 1. The van der Waals surface area contributed by atoms with Crippen LogP contribution in [0.5, 0.6) is 0 Å². The first kappa shape index (κ1) is 22.1. The summed E-state index contributed by atoms with van der Waals surface area (Å²) in [7, 11) is 0. The Labute approximate surface area is 114 Å². The Balaban J connectivity index is -0.000000180. The van der Waals surface area contributed by atoms with Crippen LogP contribution in [-0.4, -0.2) is 46.2 Å². The van der Waals surface area contributed by atoms with Gasteiger partial charge in [-0.05, 0) is 56.7 Å². The highest BCUT2D eigenvalue weighted by atomic mass is 35.5. The molecule has 0 aromatic rings. The molecule has 0 aromatic heterocycles. The normalized spacial score (nSPS) is 9.06. The molecule has 0 bridgehead atoms. The van der Waals surface area contributed by atoms with Gasteiger partial charge in [0.2, 0.25) is 0 Å². The summed E-state index contributed by atoms with van der Waals surface area (Å²) in [5.74, 6) is 0. The van der Waals surface area contributed by atoms with E-state index in [4.69, 9.17) is 5.11 Å². The lowest BCUT2D eigenvalue weighted by Gasteiger charge is -2.13. The average molecular weight is 288 g/mol. The Bertz CT molecular complexity index is 175. The third kappa shape index (κ3) is 31.3. The number of hydrogen-bond acceptors (Lipinski definition) is 4. The molecule has 0 aliphatic carbocycles. The van der Waals surface area contributed by atoms with Gasteiger partial charge in [-0.25, -0.2) is 0 Å². The molecule has 0 spiro atoms. The number of aliphatic hydroxyl groups is 1. The molecule has 104 valence electrons. The highest BCUT2D eigenvalue weighted by molar-refractivity contribution is 6.97. The lowest BCUT2D eigenvalue weighted by Crippen LogP contribution is -2.21. The first-order chi connectivity index (χ1) is 7.72. The molecule has 0 heterocycles. The van der Waals surface area contributed by atoms with Crippen molar-refractivity contribution in [2.75, 3.05) is 19.6 Å². The van der Waals surface area contributed by atoms with E-state index in [0.29, 0.717) is 0 Å². The van der Waals surface area contributed by atoms with Gasteiger partial charge in [0.25, 0.3) is 0 Å². The standard InChI is InChI=1S/C6H15N.C3H8O.C2Cl2O2/c1-4-7(5-2)6-3;1-3(2)4;3-1(5)2(4)6/h4-6H2,1-3H3;3-4H,1-2H3;. The van der Waals surface area contributed by atoms with Crippen LogP contribution in [0.1, 0.15) is 34.6 Å². The van der Waals surface area contributed by atoms with Crippen molar-refractivity contribution in [1.82, 2.24) is 4.90 Å². The van der Waals surface area contributed by atoms with Crippen molar-refractivity contribution in [3.63, 3.8) is 0 Å². The van der Waals surface area contributed by atoms with Crippen LogP contribution in [0.3, 0.4) is 0 Å². The first-order valence-electron chi connectivity index (χ1n) is 5.52. The second kappa shape index (κ2) is 15.8. The molecule has 0 unspecified atom stereocenters. The monoisotopic (exact) mass is 287 g/mol. The molecule has 6 heteroatoms. The van der Waals surface area contributed by atoms with Crippen molar-refractivity contribution in [3.05, 3.63) is 0 Å². The predicted molar refractivity (Wildman–Crippen MR) is 72.5 cm³/mol. The van der Waals surface area contributed by atoms with E-state index in [0.717, 1.165) is 0 Å². The van der Waals surface area contributed by atoms with E-state index < -0.39 is 10.5 Å². The molecule has 0 atom stereocenters. The summed E-state index contributed by atoms with van der Waals surface area (Å²) in [5, 5.41) is 5.77. The summed E-state index contributed by atoms with van der Waals surface area (Å²) in [6.07, 6.45) is -0.167. The highest BCUT2D eigenvalue weighted by Gasteiger charge is 2.01. The van der Waals surface area contributed by atoms with E-state index in [1.54, 1.807) is 13.8 Å². The Morgan fingerprint density at radius 3 is 1.18 bits per heavy atom. The van der Waals surface area contributed by atoms with Gasteiger partial charge in [-0.3, -0.25) is 9.59 Å². The van der Waals surface area contributed by atoms with Gasteiger partial charge in [0, 0.05) is 6.10 Å². The zero-order valence-corrected chi connectivity index (χ0v) is 12.7. The van der Waals surface area contributed by atoms with Crippen LogP contribution < -0.4 is 0 Å². The first-order valence-corrected chi connectivity index (χ1v) is 6.28. The van der Waals surface area contributed by atoms with Gasteiger partial charge in [-0.2, -0.15) is 0 Å². The fourth-order valence-electron chi connectivity index (χ4n) is 0.671. The number of halogens is 2. The van der Waals surface area contributed by atoms with Gasteiger partial charge < -0.3 is 10.0 Å². The highest BCUT2D eigenvalue weighted by Crippen LogP contribution is 1.84. The maximum absolute atomic E-state index is 9.43. The fraction of sp³-hybridized carbons (Fsp3) is 0.818. The van der Waals surface area contributed by atoms with E-state index in [1.165, 1.54) is 19.6 Å². The van der Waals surface area contributed by atoms with Crippen LogP contribution in [0.15, 0.2) is 0 Å². The molecule has 0 aromatic carbocycles. The number of carbonyl (C=O) groups is 2. The van der Waals surface area contributed by atoms with E-state index in [-0.39, 0.29) is 6.10 Å². The summed E-state index contributed by atoms with van der Waals surface area (Å²) >= 11 is 8.98. The maximum Gasteiger partial charge on any atom is 0.304 e. The lowest BCUT2D eigenvalue weighted by molar-refractivity contribution is -0.127. The molecule has 0 aliphatic heterocycles. The maximum atomic E-state index is 9.43. The van der Waals surface area contributed by atoms with Crippen molar-refractivity contribution >= 4 is 33.7 Å². The van der Waals surface area contributed by atoms with Crippen LogP contribution in [0.25, 0.3) is 0 Å². The largest absolute Gasteiger partial charge is 0.394 e. The minimum atomic E-state index is -1.14. The number of rotatable bonds is 4. The summed E-state index contributed by atoms with van der Waals surface area (Å²) in [6.45, 7) is 13.6. The van der Waals surface area contributed by atoms with Crippen molar-refractivity contribution in [1.29, 1.82) is 0 Å². The molecule has 0 fully saturated rings. The summed E-state index contributed by atoms with van der Waals surface area (Å²) in [6, 6.07) is 0. The fourth-order valence-corrected chi connectivity index (χ4v) is 0.671. The molecule has 0 rings (SSSR count). The van der Waals surface area contributed by atoms with Gasteiger partial charge in [-0.15, -0.1) is 0 Å². The molecule has 0 amide bonds. The van der Waals surface area contributed by atoms with E-state index in [2.05, 4.69) is 48.9 Å². The quantitative estimate of drug-likeness (QED) is 0.637. The molecule has 0 aliphatic rings. The lowest BCUT2D eigenvalue weighted by atomic mass is 10.5. The van der Waals surface area contributed by atoms with Crippen molar-refractivity contribution < 1.29 is 14.7 Å². The predicted octanol–water partition coefficient (Wildman–Crippen LogP) is 2.25. The van der Waals surface area contributed by atoms with Crippen LogP contribution in [0.2, 0.25) is 0 Å². The molecular formula is C11H23Cl2NO3. The SMILES string of the molecule is CC(C)O.CCN(CC)CC.O=C(Cl)C(=O)Cl. The Hall–Kier alpha value is -0.160. The zero-order valence-electron chi connectivity index (χ0n) is 11.2. The third-order valence-corrected chi connectivity index (χ3v) is 1.94. The molecule has 0 saturated heterocycles. The third-order valence-electron chi connectivity index (χ3n) is 1.50. The van der Waals surface area contributed by atoms with Gasteiger partial charge in [-0.1, -0.05) is 20.8 Å². The van der Waals surface area contributed by atoms with Crippen molar-refractivity contribution in [2.24, 2.45) is 0 Å². The topological polar surface area (TPSA) is 57.6 Å². The number of carbonyl (C=O) groups excluding carboxylic acids is 2. The van der Waals surface area contributed by atoms with Crippen LogP contribution in [-0.2, 0) is 9.59 Å². The molecule has 0 saturated carbocycles. The minimum absolute atomic E-state index is 0.167. The Morgan fingerprint density at radius 1 is 1.00 bits per heavy atom. The van der Waals surface area contributed by atoms with Crippen molar-refractivity contribution in [3.8, 4) is 0 Å². The van der Waals surface area contributed by atoms with Crippen molar-refractivity contribution in [2.45, 2.75) is 40.7 Å². The van der Waals surface area contributed by atoms with Crippen LogP contribution in [0, 0.1) is 0 Å². The molecule has 1 N–H and O–H groups in total. The van der Waals surface area contributed by atoms with Crippen LogP contribution in [0.4, 0.5) is 0 Å². The Kier molecular flexibility index (Phi) is 20.6. The average Bonchev–Trinajstić information content (AvgIpc) is 2.20. The second-order valence-corrected chi connectivity index (χ2v) is 3.95. The number of nitrogens with zero attached hydrogens (tertiary/aromatic N) is 1. The minimum Gasteiger partial charge on any atom is -0.394 e. The summed E-state index contributed by atoms with van der Waals surface area (Å²) < 4.78 is 0. The van der Waals surface area contributed by atoms with E-state index >= 15 is 0 Å². The van der Waals surface area contributed by atoms with E-state index in [1.807, 2.05) is 0 Å². The van der Waals surface area contributed by atoms with Gasteiger partial charge in [0.1, 0.15) is 0 Å². The summed E-state index contributed by atoms with van der Waals surface area (Å²) in [4.78, 5) is 21.2. The van der Waals surface area contributed by atoms with Gasteiger partial charge in [0.05, 0.1) is 0 Å². The zero-order chi connectivity index (χ0) is 14.4. The number of hydrogen-bond donors (Lipinski definition) is 1. The molecule has 0 radical (unpaired) electrons. The second-order valence-electron chi connectivity index (χ2n) is 3.26. The van der Waals surface area contributed by atoms with Gasteiger partial charge in [0.15, 0.2) is 0 Å². The van der Waals surface area contributed by atoms with Crippen LogP contribution >= 0.6 is 23.2 Å². The molecule has 4 nitrogen and oxygen atoms in total. The smallest absolute Gasteiger partial charge is 0.304 e. The van der Waals surface area contributed by atoms with E-state index in [9.17, 15) is 9.59 Å². The Morgan fingerprint density at radius 2 is 1.18 bits per heavy atom. The molecule has 17 heavy (non-hydrogen) atoms.